The van der Waals surface area contributed by atoms with Gasteiger partial charge in [-0.05, 0) is 138 Å². The lowest BCUT2D eigenvalue weighted by Gasteiger charge is -2.45. The van der Waals surface area contributed by atoms with Gasteiger partial charge in [0.05, 0.1) is 31.2 Å². The van der Waals surface area contributed by atoms with Gasteiger partial charge in [0.25, 0.3) is 0 Å². The fourth-order valence-electron chi connectivity index (χ4n) is 11.9. The summed E-state index contributed by atoms with van der Waals surface area (Å²) in [5.74, 6) is 0. The molecule has 13 aromatic rings. The first-order valence-corrected chi connectivity index (χ1v) is 28.1. The van der Waals surface area contributed by atoms with Gasteiger partial charge < -0.3 is 19.6 Å². The van der Waals surface area contributed by atoms with E-state index in [2.05, 4.69) is 299 Å². The number of nitrogens with zero attached hydrogens (tertiary/aromatic N) is 4. The van der Waals surface area contributed by atoms with Crippen LogP contribution in [0.25, 0.3) is 29.9 Å². The zero-order chi connectivity index (χ0) is 50.2. The minimum absolute atomic E-state index is 0.712. The summed E-state index contributed by atoms with van der Waals surface area (Å²) in [4.78, 5) is 12.4. The smallest absolute Gasteiger partial charge is 0.101 e. The lowest BCUT2D eigenvalue weighted by molar-refractivity contribution is 0.758. The molecule has 3 aromatic heterocycles. The molecule has 7 heteroatoms. The molecule has 4 heterocycles. The Morgan fingerprint density at radius 3 is 1.25 bits per heavy atom. The number of para-hydroxylation sites is 7. The van der Waals surface area contributed by atoms with Crippen LogP contribution >= 0.6 is 34.0 Å². The largest absolute Gasteiger partial charge is 0.310 e. The Balaban J connectivity index is 1.04. The average molecular weight is 1030 g/mol. The van der Waals surface area contributed by atoms with Crippen molar-refractivity contribution in [1.82, 2.24) is 0 Å². The van der Waals surface area contributed by atoms with Crippen LogP contribution in [0, 0.1) is 0 Å². The van der Waals surface area contributed by atoms with Gasteiger partial charge in [-0.25, -0.2) is 0 Å². The van der Waals surface area contributed by atoms with Gasteiger partial charge in [0.1, 0.15) is 10.0 Å². The van der Waals surface area contributed by atoms with Crippen LogP contribution in [-0.4, -0.2) is 0 Å². The van der Waals surface area contributed by atoms with E-state index in [1.807, 2.05) is 34.0 Å². The summed E-state index contributed by atoms with van der Waals surface area (Å²) in [7, 11) is 0. The molecule has 0 unspecified atom stereocenters. The fraction of sp³-hybridized carbons (Fsp3) is 0.0145. The van der Waals surface area contributed by atoms with Crippen LogP contribution in [0.5, 0.6) is 0 Å². The van der Waals surface area contributed by atoms with Crippen molar-refractivity contribution in [3.8, 4) is 9.75 Å². The number of fused-ring (bicyclic) bond motifs is 13. The first-order chi connectivity index (χ1) is 37.7. The monoisotopic (exact) mass is 1030 g/mol. The van der Waals surface area contributed by atoms with Crippen LogP contribution < -0.4 is 19.6 Å². The van der Waals surface area contributed by atoms with Crippen molar-refractivity contribution in [2.45, 2.75) is 5.41 Å². The van der Waals surface area contributed by atoms with Crippen LogP contribution in [0.15, 0.2) is 279 Å². The molecule has 1 aliphatic carbocycles. The molecule has 360 valence electrons. The molecule has 76 heavy (non-hydrogen) atoms. The van der Waals surface area contributed by atoms with Gasteiger partial charge >= 0.3 is 0 Å². The van der Waals surface area contributed by atoms with Crippen molar-refractivity contribution < 1.29 is 0 Å². The Morgan fingerprint density at radius 1 is 0.303 bits per heavy atom. The molecule has 0 saturated heterocycles. The van der Waals surface area contributed by atoms with Crippen molar-refractivity contribution >= 4 is 121 Å². The van der Waals surface area contributed by atoms with Crippen molar-refractivity contribution in [3.05, 3.63) is 301 Å². The third-order valence-corrected chi connectivity index (χ3v) is 18.6. The quantitative estimate of drug-likeness (QED) is 0.135. The van der Waals surface area contributed by atoms with Crippen molar-refractivity contribution in [1.29, 1.82) is 0 Å². The molecule has 0 bridgehead atoms. The van der Waals surface area contributed by atoms with E-state index in [4.69, 9.17) is 0 Å². The van der Waals surface area contributed by atoms with Crippen molar-refractivity contribution in [3.63, 3.8) is 0 Å². The zero-order valence-electron chi connectivity index (χ0n) is 41.1. The summed E-state index contributed by atoms with van der Waals surface area (Å²) >= 11 is 5.71. The Kier molecular flexibility index (Phi) is 10.6. The molecule has 0 saturated carbocycles. The molecule has 1 aliphatic heterocycles. The molecule has 0 fully saturated rings. The number of benzene rings is 10. The van der Waals surface area contributed by atoms with Crippen molar-refractivity contribution in [2.75, 3.05) is 19.6 Å². The van der Waals surface area contributed by atoms with Crippen LogP contribution in [0.4, 0.5) is 66.9 Å². The maximum absolute atomic E-state index is 2.59. The van der Waals surface area contributed by atoms with Crippen LogP contribution in [0.2, 0.25) is 0 Å². The van der Waals surface area contributed by atoms with E-state index in [1.165, 1.54) is 67.9 Å². The molecule has 15 rings (SSSR count). The van der Waals surface area contributed by atoms with E-state index in [1.54, 1.807) is 0 Å². The minimum Gasteiger partial charge on any atom is -0.310 e. The van der Waals surface area contributed by atoms with Crippen molar-refractivity contribution in [2.24, 2.45) is 0 Å². The Labute approximate surface area is 454 Å². The Morgan fingerprint density at radius 2 is 0.737 bits per heavy atom. The highest BCUT2D eigenvalue weighted by Crippen LogP contribution is 2.69. The molecule has 0 amide bonds. The summed E-state index contributed by atoms with van der Waals surface area (Å²) < 4.78 is 2.55. The molecule has 10 aromatic carbocycles. The Hall–Kier alpha value is -8.98. The van der Waals surface area contributed by atoms with Crippen LogP contribution in [-0.2, 0) is 5.41 Å². The lowest BCUT2D eigenvalue weighted by Crippen LogP contribution is -2.36. The molecule has 0 atom stereocenters. The molecular weight excluding hydrogens is 981 g/mol. The highest BCUT2D eigenvalue weighted by Gasteiger charge is 2.55. The van der Waals surface area contributed by atoms with E-state index in [0.29, 0.717) is 0 Å². The molecule has 1 spiro atoms. The van der Waals surface area contributed by atoms with Gasteiger partial charge in [0.15, 0.2) is 0 Å². The molecule has 0 radical (unpaired) electrons. The van der Waals surface area contributed by atoms with Gasteiger partial charge in [0, 0.05) is 61.0 Å². The van der Waals surface area contributed by atoms with Gasteiger partial charge in [-0.3, -0.25) is 0 Å². The minimum atomic E-state index is -0.712. The predicted molar refractivity (Wildman–Crippen MR) is 325 cm³/mol. The molecule has 2 aliphatic rings. The molecule has 0 N–H and O–H groups in total. The second-order valence-electron chi connectivity index (χ2n) is 19.2. The number of rotatable bonds is 10. The summed E-state index contributed by atoms with van der Waals surface area (Å²) in [6.45, 7) is 0. The first-order valence-electron chi connectivity index (χ1n) is 25.7. The summed E-state index contributed by atoms with van der Waals surface area (Å²) in [5, 5.41) is 4.88. The zero-order valence-corrected chi connectivity index (χ0v) is 43.5. The van der Waals surface area contributed by atoms with Crippen LogP contribution in [0.3, 0.4) is 0 Å². The summed E-state index contributed by atoms with van der Waals surface area (Å²) in [6, 6.07) is 102. The van der Waals surface area contributed by atoms with E-state index in [9.17, 15) is 0 Å². The predicted octanol–water partition coefficient (Wildman–Crippen LogP) is 20.7. The highest BCUT2D eigenvalue weighted by atomic mass is 32.1. The van der Waals surface area contributed by atoms with Crippen LogP contribution in [0.1, 0.15) is 22.3 Å². The normalized spacial score (nSPS) is 12.8. The van der Waals surface area contributed by atoms with Gasteiger partial charge in [0.2, 0.25) is 0 Å². The summed E-state index contributed by atoms with van der Waals surface area (Å²) in [5.41, 5.74) is 15.7. The van der Waals surface area contributed by atoms with E-state index >= 15 is 0 Å². The maximum Gasteiger partial charge on any atom is 0.101 e. The summed E-state index contributed by atoms with van der Waals surface area (Å²) in [6.07, 6.45) is 0. The third kappa shape index (κ3) is 6.94. The number of thiophene rings is 3. The Bertz CT molecular complexity index is 4000. The maximum atomic E-state index is 2.59. The third-order valence-electron chi connectivity index (χ3n) is 15.0. The topological polar surface area (TPSA) is 13.0 Å². The van der Waals surface area contributed by atoms with E-state index in [-0.39, 0.29) is 0 Å². The number of anilines is 12. The van der Waals surface area contributed by atoms with Gasteiger partial charge in [-0.15, -0.1) is 34.0 Å². The molecular formula is C69H46N4S3. The fourth-order valence-corrected chi connectivity index (χ4v) is 15.8. The second-order valence-corrected chi connectivity index (χ2v) is 22.3. The van der Waals surface area contributed by atoms with E-state index in [0.717, 1.165) is 51.2 Å². The van der Waals surface area contributed by atoms with Gasteiger partial charge in [-0.2, -0.15) is 0 Å². The SMILES string of the molecule is c1ccc(N(c2ccccc2)c2cccc(N3c4ccccc4C4(c5cc(N(c6ccccc6)c6ccccc6)sc5-c5sc(N(c6ccccc6)c6ccccc6)cc54)c4ccc5c(sc6ccccc65)c43)c2)cc1. The lowest BCUT2D eigenvalue weighted by atomic mass is 9.65. The van der Waals surface area contributed by atoms with Gasteiger partial charge in [-0.1, -0.05) is 164 Å². The number of hydrogen-bond acceptors (Lipinski definition) is 7. The average Bonchev–Trinajstić information content (AvgIpc) is 4.34. The first kappa shape index (κ1) is 44.5. The highest BCUT2D eigenvalue weighted by molar-refractivity contribution is 7.27. The standard InChI is InChI=1S/C69H46N4S3/c1-7-24-47(25-8-1)70(48-26-9-2-10-27-48)53-36-23-37-54(44-53)73-61-40-21-20-39-57(61)69(58-43-42-56-55-38-19-22-41-62(55)74-66(56)65(58)73)59-45-63(71(49-28-11-3-12-29-49)50-30-13-4-14-31-50)75-67(59)68-60(69)46-64(76-68)72(51-32-15-5-16-33-51)52-34-17-6-18-35-52/h1-46H. The second kappa shape index (κ2) is 18.1. The molecule has 4 nitrogen and oxygen atoms in total. The van der Waals surface area contributed by atoms with E-state index < -0.39 is 5.41 Å². The number of hydrogen-bond donors (Lipinski definition) is 0.